The standard InChI is InChI=1S/C19H13ClN4O4/c1-9-8-13(25)14(18(27)28-9)10-6-7-21-16-15(10)17(26)24-19(23-16)22-12-5-3-2-4-11(12)20/h2-8,25H,1H3,(H2,21,22,23,24,26). The molecule has 0 spiro atoms. The van der Waals surface area contributed by atoms with Crippen LogP contribution in [0.15, 0.2) is 56.6 Å². The number of halogens is 1. The third-order valence-corrected chi connectivity index (χ3v) is 4.39. The number of pyridine rings is 1. The maximum atomic E-state index is 12.7. The van der Waals surface area contributed by atoms with Crippen molar-refractivity contribution in [3.8, 4) is 16.9 Å². The Labute approximate surface area is 162 Å². The molecule has 0 fully saturated rings. The number of aromatic nitrogens is 3. The Morgan fingerprint density at radius 3 is 2.75 bits per heavy atom. The highest BCUT2D eigenvalue weighted by molar-refractivity contribution is 6.33. The van der Waals surface area contributed by atoms with E-state index >= 15 is 0 Å². The van der Waals surface area contributed by atoms with Crippen LogP contribution in [0.4, 0.5) is 11.6 Å². The molecule has 0 saturated carbocycles. The van der Waals surface area contributed by atoms with Crippen LogP contribution >= 0.6 is 11.6 Å². The zero-order chi connectivity index (χ0) is 19.8. The van der Waals surface area contributed by atoms with Crippen LogP contribution in [0.25, 0.3) is 22.2 Å². The van der Waals surface area contributed by atoms with Crippen molar-refractivity contribution >= 4 is 34.3 Å². The molecule has 3 N–H and O–H groups in total. The van der Waals surface area contributed by atoms with E-state index in [0.29, 0.717) is 10.7 Å². The zero-order valence-electron chi connectivity index (χ0n) is 14.5. The van der Waals surface area contributed by atoms with Crippen molar-refractivity contribution in [3.05, 3.63) is 74.2 Å². The molecule has 0 bridgehead atoms. The Kier molecular flexibility index (Phi) is 4.32. The summed E-state index contributed by atoms with van der Waals surface area (Å²) in [4.78, 5) is 36.0. The topological polar surface area (TPSA) is 121 Å². The van der Waals surface area contributed by atoms with Crippen LogP contribution in [-0.4, -0.2) is 20.1 Å². The van der Waals surface area contributed by atoms with Crippen molar-refractivity contribution in [1.82, 2.24) is 15.0 Å². The Hall–Kier alpha value is -3.65. The summed E-state index contributed by atoms with van der Waals surface area (Å²) in [6.07, 6.45) is 1.39. The lowest BCUT2D eigenvalue weighted by Crippen LogP contribution is -2.14. The molecule has 9 heteroatoms. The molecular formula is C19H13ClN4O4. The number of aryl methyl sites for hydroxylation is 1. The molecule has 3 aromatic heterocycles. The fourth-order valence-electron chi connectivity index (χ4n) is 2.86. The second kappa shape index (κ2) is 6.82. The van der Waals surface area contributed by atoms with E-state index in [1.165, 1.54) is 25.3 Å². The molecule has 0 aliphatic carbocycles. The summed E-state index contributed by atoms with van der Waals surface area (Å²) in [5.74, 6) is 0.0946. The summed E-state index contributed by atoms with van der Waals surface area (Å²) in [6.45, 7) is 1.54. The van der Waals surface area contributed by atoms with Gasteiger partial charge in [0.1, 0.15) is 17.1 Å². The van der Waals surface area contributed by atoms with E-state index in [9.17, 15) is 14.7 Å². The number of hydrogen-bond donors (Lipinski definition) is 3. The lowest BCUT2D eigenvalue weighted by atomic mass is 10.0. The maximum Gasteiger partial charge on any atom is 0.347 e. The normalized spacial score (nSPS) is 10.9. The summed E-state index contributed by atoms with van der Waals surface area (Å²) in [5.41, 5.74) is -0.606. The first-order valence-electron chi connectivity index (χ1n) is 8.18. The van der Waals surface area contributed by atoms with E-state index < -0.39 is 11.2 Å². The van der Waals surface area contributed by atoms with E-state index in [1.807, 2.05) is 0 Å². The van der Waals surface area contributed by atoms with Gasteiger partial charge in [-0.1, -0.05) is 23.7 Å². The Morgan fingerprint density at radius 2 is 2.00 bits per heavy atom. The van der Waals surface area contributed by atoms with Gasteiger partial charge in [-0.25, -0.2) is 9.78 Å². The van der Waals surface area contributed by atoms with Gasteiger partial charge in [-0.3, -0.25) is 9.78 Å². The third-order valence-electron chi connectivity index (χ3n) is 4.06. The molecule has 0 amide bonds. The molecule has 0 unspecified atom stereocenters. The summed E-state index contributed by atoms with van der Waals surface area (Å²) in [7, 11) is 0. The molecule has 8 nitrogen and oxygen atoms in total. The molecule has 140 valence electrons. The summed E-state index contributed by atoms with van der Waals surface area (Å²) in [5, 5.41) is 13.6. The van der Waals surface area contributed by atoms with Crippen molar-refractivity contribution < 1.29 is 9.52 Å². The third kappa shape index (κ3) is 3.10. The zero-order valence-corrected chi connectivity index (χ0v) is 15.2. The molecule has 0 saturated heterocycles. The predicted molar refractivity (Wildman–Crippen MR) is 105 cm³/mol. The second-order valence-electron chi connectivity index (χ2n) is 5.98. The van der Waals surface area contributed by atoms with Crippen LogP contribution < -0.4 is 16.5 Å². The largest absolute Gasteiger partial charge is 0.507 e. The average molecular weight is 397 g/mol. The number of rotatable bonds is 3. The van der Waals surface area contributed by atoms with Crippen molar-refractivity contribution in [1.29, 1.82) is 0 Å². The van der Waals surface area contributed by atoms with Crippen molar-refractivity contribution in [3.63, 3.8) is 0 Å². The van der Waals surface area contributed by atoms with Crippen molar-refractivity contribution in [2.75, 3.05) is 5.32 Å². The number of fused-ring (bicyclic) bond motifs is 1. The fraction of sp³-hybridized carbons (Fsp3) is 0.0526. The van der Waals surface area contributed by atoms with Crippen molar-refractivity contribution in [2.45, 2.75) is 6.92 Å². The number of aromatic hydroxyl groups is 1. The van der Waals surface area contributed by atoms with Crippen LogP contribution in [0, 0.1) is 6.92 Å². The Balaban J connectivity index is 1.90. The van der Waals surface area contributed by atoms with Gasteiger partial charge in [0.25, 0.3) is 5.56 Å². The van der Waals surface area contributed by atoms with Crippen LogP contribution in [-0.2, 0) is 0 Å². The minimum Gasteiger partial charge on any atom is -0.507 e. The SMILES string of the molecule is Cc1cc(O)c(-c2ccnc3nc(Nc4ccccc4Cl)[nH]c(=O)c23)c(=O)o1. The molecular weight excluding hydrogens is 384 g/mol. The molecule has 4 rings (SSSR count). The summed E-state index contributed by atoms with van der Waals surface area (Å²) < 4.78 is 5.05. The van der Waals surface area contributed by atoms with Gasteiger partial charge < -0.3 is 14.8 Å². The monoisotopic (exact) mass is 396 g/mol. The number of benzene rings is 1. The first-order valence-corrected chi connectivity index (χ1v) is 8.56. The summed E-state index contributed by atoms with van der Waals surface area (Å²) in [6, 6.07) is 9.73. The van der Waals surface area contributed by atoms with Gasteiger partial charge in [0, 0.05) is 17.8 Å². The quantitative estimate of drug-likeness (QED) is 0.485. The minimum absolute atomic E-state index is 0.0543. The van der Waals surface area contributed by atoms with Gasteiger partial charge in [0.15, 0.2) is 5.65 Å². The van der Waals surface area contributed by atoms with Gasteiger partial charge in [0.2, 0.25) is 5.95 Å². The van der Waals surface area contributed by atoms with Gasteiger partial charge in [0.05, 0.1) is 16.1 Å². The van der Waals surface area contributed by atoms with E-state index in [1.54, 1.807) is 24.3 Å². The molecule has 0 atom stereocenters. The predicted octanol–water partition coefficient (Wildman–Crippen LogP) is 3.35. The lowest BCUT2D eigenvalue weighted by Gasteiger charge is -2.10. The van der Waals surface area contributed by atoms with Gasteiger partial charge in [-0.05, 0) is 25.1 Å². The number of aromatic amines is 1. The van der Waals surface area contributed by atoms with Gasteiger partial charge in [-0.2, -0.15) is 4.98 Å². The first kappa shape index (κ1) is 17.7. The van der Waals surface area contributed by atoms with Gasteiger partial charge in [-0.15, -0.1) is 0 Å². The van der Waals surface area contributed by atoms with Gasteiger partial charge >= 0.3 is 5.63 Å². The van der Waals surface area contributed by atoms with Crippen LogP contribution in [0.3, 0.4) is 0 Å². The van der Waals surface area contributed by atoms with Crippen LogP contribution in [0.5, 0.6) is 5.75 Å². The summed E-state index contributed by atoms with van der Waals surface area (Å²) >= 11 is 6.11. The molecule has 0 aliphatic heterocycles. The number of para-hydroxylation sites is 1. The van der Waals surface area contributed by atoms with Crippen LogP contribution in [0.1, 0.15) is 5.76 Å². The molecule has 1 aromatic carbocycles. The number of hydrogen-bond acceptors (Lipinski definition) is 7. The highest BCUT2D eigenvalue weighted by Crippen LogP contribution is 2.30. The Bertz CT molecular complexity index is 1330. The van der Waals surface area contributed by atoms with E-state index in [0.717, 1.165) is 0 Å². The molecule has 3 heterocycles. The molecule has 0 aliphatic rings. The van der Waals surface area contributed by atoms with E-state index in [4.69, 9.17) is 16.0 Å². The number of nitrogens with one attached hydrogen (secondary N) is 2. The number of H-pyrrole nitrogens is 1. The average Bonchev–Trinajstić information content (AvgIpc) is 2.63. The minimum atomic E-state index is -0.761. The Morgan fingerprint density at radius 1 is 1.21 bits per heavy atom. The number of anilines is 2. The maximum absolute atomic E-state index is 12.7. The highest BCUT2D eigenvalue weighted by Gasteiger charge is 2.18. The first-order chi connectivity index (χ1) is 13.4. The highest BCUT2D eigenvalue weighted by atomic mass is 35.5. The van der Waals surface area contributed by atoms with E-state index in [-0.39, 0.29) is 39.6 Å². The lowest BCUT2D eigenvalue weighted by molar-refractivity contribution is 0.438. The molecule has 0 radical (unpaired) electrons. The number of nitrogens with zero attached hydrogens (tertiary/aromatic N) is 2. The second-order valence-corrected chi connectivity index (χ2v) is 6.39. The van der Waals surface area contributed by atoms with Crippen molar-refractivity contribution in [2.24, 2.45) is 0 Å². The smallest absolute Gasteiger partial charge is 0.347 e. The molecule has 4 aromatic rings. The fourth-order valence-corrected chi connectivity index (χ4v) is 3.05. The van der Waals surface area contributed by atoms with Crippen LogP contribution in [0.2, 0.25) is 5.02 Å². The molecule has 28 heavy (non-hydrogen) atoms. The van der Waals surface area contributed by atoms with E-state index in [2.05, 4.69) is 20.3 Å².